The van der Waals surface area contributed by atoms with Gasteiger partial charge >= 0.3 is 0 Å². The minimum absolute atomic E-state index is 0.562. The molecule has 1 aromatic carbocycles. The van der Waals surface area contributed by atoms with E-state index >= 15 is 0 Å². The lowest BCUT2D eigenvalue weighted by atomic mass is 10.0. The van der Waals surface area contributed by atoms with Crippen LogP contribution in [0.5, 0.6) is 0 Å². The van der Waals surface area contributed by atoms with Gasteiger partial charge in [0.05, 0.1) is 15.6 Å². The number of nitrogens with one attached hydrogen (secondary N) is 1. The number of fused-ring (bicyclic) bond motifs is 1. The normalized spacial score (nSPS) is 15.8. The largest absolute Gasteiger partial charge is 0.384 e. The molecule has 2 nitrogen and oxygen atoms in total. The van der Waals surface area contributed by atoms with Crippen molar-refractivity contribution in [1.29, 1.82) is 0 Å². The number of halogens is 2. The van der Waals surface area contributed by atoms with Crippen LogP contribution in [-0.4, -0.2) is 11.5 Å². The molecule has 1 heterocycles. The molecule has 0 spiro atoms. The summed E-state index contributed by atoms with van der Waals surface area (Å²) < 4.78 is 0. The van der Waals surface area contributed by atoms with Crippen molar-refractivity contribution in [3.63, 3.8) is 0 Å². The molecule has 1 fully saturated rings. The summed E-state index contributed by atoms with van der Waals surface area (Å²) in [6.07, 6.45) is 6.12. The Morgan fingerprint density at radius 1 is 1.19 bits per heavy atom. The van der Waals surface area contributed by atoms with Crippen LogP contribution in [0.15, 0.2) is 18.2 Å². The summed E-state index contributed by atoms with van der Waals surface area (Å²) in [5, 5.41) is 5.81. The summed E-state index contributed by atoms with van der Waals surface area (Å²) in [5.74, 6) is 0.562. The third kappa shape index (κ3) is 2.97. The number of hydrogen-bond donors (Lipinski definition) is 1. The molecule has 1 N–H and O–H groups in total. The van der Waals surface area contributed by atoms with Crippen molar-refractivity contribution in [2.24, 2.45) is 0 Å². The maximum Gasteiger partial charge on any atom is 0.0927 e. The number of nitrogens with zero attached hydrogens (tertiary/aromatic N) is 1. The second-order valence-corrected chi connectivity index (χ2v) is 6.57. The predicted molar refractivity (Wildman–Crippen MR) is 91.8 cm³/mol. The van der Waals surface area contributed by atoms with Gasteiger partial charge in [-0.2, -0.15) is 0 Å². The van der Waals surface area contributed by atoms with Gasteiger partial charge in [0.15, 0.2) is 0 Å². The summed E-state index contributed by atoms with van der Waals surface area (Å²) in [6, 6.07) is 5.86. The van der Waals surface area contributed by atoms with Crippen molar-refractivity contribution in [2.45, 2.75) is 44.9 Å². The van der Waals surface area contributed by atoms with Crippen LogP contribution in [0.1, 0.15) is 50.6 Å². The number of benzene rings is 1. The summed E-state index contributed by atoms with van der Waals surface area (Å²) in [7, 11) is 0. The van der Waals surface area contributed by atoms with E-state index in [1.807, 2.05) is 12.1 Å². The minimum atomic E-state index is 0.562. The highest BCUT2D eigenvalue weighted by Crippen LogP contribution is 2.39. The Morgan fingerprint density at radius 2 is 1.90 bits per heavy atom. The molecule has 4 heteroatoms. The van der Waals surface area contributed by atoms with Gasteiger partial charge in [-0.05, 0) is 37.5 Å². The van der Waals surface area contributed by atoms with E-state index in [4.69, 9.17) is 28.2 Å². The molecular weight excluding hydrogens is 303 g/mol. The smallest absolute Gasteiger partial charge is 0.0927 e. The first-order valence-corrected chi connectivity index (χ1v) is 8.48. The van der Waals surface area contributed by atoms with E-state index in [9.17, 15) is 0 Å². The zero-order valence-corrected chi connectivity index (χ0v) is 13.8. The van der Waals surface area contributed by atoms with E-state index in [-0.39, 0.29) is 0 Å². The fourth-order valence-corrected chi connectivity index (χ4v) is 3.57. The Balaban J connectivity index is 2.16. The molecule has 2 aromatic rings. The lowest BCUT2D eigenvalue weighted by Crippen LogP contribution is -2.05. The van der Waals surface area contributed by atoms with Gasteiger partial charge < -0.3 is 5.32 Å². The molecule has 0 unspecified atom stereocenters. The number of pyridine rings is 1. The third-order valence-electron chi connectivity index (χ3n) is 4.22. The first-order chi connectivity index (χ1) is 10.2. The third-order valence-corrected chi connectivity index (χ3v) is 4.84. The van der Waals surface area contributed by atoms with Crippen LogP contribution in [0, 0.1) is 0 Å². The van der Waals surface area contributed by atoms with E-state index < -0.39 is 0 Å². The average molecular weight is 323 g/mol. The Hall–Kier alpha value is -0.990. The minimum Gasteiger partial charge on any atom is -0.384 e. The van der Waals surface area contributed by atoms with Crippen LogP contribution >= 0.6 is 23.2 Å². The second kappa shape index (κ2) is 6.41. The zero-order chi connectivity index (χ0) is 14.8. The average Bonchev–Trinajstić information content (AvgIpc) is 3.02. The molecule has 0 atom stereocenters. The maximum atomic E-state index is 6.39. The Labute approximate surface area is 135 Å². The van der Waals surface area contributed by atoms with Gasteiger partial charge in [-0.15, -0.1) is 0 Å². The lowest BCUT2D eigenvalue weighted by molar-refractivity contribution is 0.701. The standard InChI is InChI=1S/C17H20Cl2N2/c1-2-9-20-15-10-14(11-5-3-4-6-11)21-17-13(19)8-7-12(18)16(15)17/h7-8,10-11H,2-6,9H2,1H3,(H,20,21). The first-order valence-electron chi connectivity index (χ1n) is 7.73. The Kier molecular flexibility index (Phi) is 4.56. The second-order valence-electron chi connectivity index (χ2n) is 5.76. The Morgan fingerprint density at radius 3 is 2.62 bits per heavy atom. The first kappa shape index (κ1) is 14.9. The number of rotatable bonds is 4. The monoisotopic (exact) mass is 322 g/mol. The molecule has 112 valence electrons. The number of aromatic nitrogens is 1. The van der Waals surface area contributed by atoms with Crippen LogP contribution in [0.25, 0.3) is 10.9 Å². The van der Waals surface area contributed by atoms with Gasteiger partial charge in [-0.3, -0.25) is 4.98 Å². The highest BCUT2D eigenvalue weighted by molar-refractivity contribution is 6.40. The summed E-state index contributed by atoms with van der Waals surface area (Å²) >= 11 is 12.8. The zero-order valence-electron chi connectivity index (χ0n) is 12.3. The SMILES string of the molecule is CCCNc1cc(C2CCCC2)nc2c(Cl)ccc(Cl)c12. The van der Waals surface area contributed by atoms with Crippen molar-refractivity contribution in [3.8, 4) is 0 Å². The Bertz CT molecular complexity index is 649. The molecule has 1 aliphatic carbocycles. The van der Waals surface area contributed by atoms with Crippen molar-refractivity contribution in [1.82, 2.24) is 4.98 Å². The molecule has 0 saturated heterocycles. The van der Waals surface area contributed by atoms with Crippen LogP contribution in [0.4, 0.5) is 5.69 Å². The van der Waals surface area contributed by atoms with Crippen molar-refractivity contribution in [3.05, 3.63) is 33.9 Å². The quantitative estimate of drug-likeness (QED) is 0.744. The van der Waals surface area contributed by atoms with Gasteiger partial charge in [0.1, 0.15) is 0 Å². The van der Waals surface area contributed by atoms with Gasteiger partial charge in [-0.1, -0.05) is 43.0 Å². The van der Waals surface area contributed by atoms with E-state index in [0.717, 1.165) is 35.2 Å². The molecule has 0 aliphatic heterocycles. The topological polar surface area (TPSA) is 24.9 Å². The molecule has 0 bridgehead atoms. The van der Waals surface area contributed by atoms with E-state index in [1.165, 1.54) is 25.7 Å². The molecule has 3 rings (SSSR count). The summed E-state index contributed by atoms with van der Waals surface area (Å²) in [6.45, 7) is 3.08. The van der Waals surface area contributed by atoms with E-state index in [2.05, 4.69) is 18.3 Å². The van der Waals surface area contributed by atoms with E-state index in [0.29, 0.717) is 16.0 Å². The molecular formula is C17H20Cl2N2. The number of hydrogen-bond acceptors (Lipinski definition) is 2. The van der Waals surface area contributed by atoms with Gasteiger partial charge in [0.2, 0.25) is 0 Å². The molecule has 1 saturated carbocycles. The fourth-order valence-electron chi connectivity index (χ4n) is 3.12. The molecule has 0 radical (unpaired) electrons. The van der Waals surface area contributed by atoms with Gasteiger partial charge in [-0.25, -0.2) is 0 Å². The highest BCUT2D eigenvalue weighted by atomic mass is 35.5. The maximum absolute atomic E-state index is 6.39. The predicted octanol–water partition coefficient (Wildman–Crippen LogP) is 6.02. The van der Waals surface area contributed by atoms with E-state index in [1.54, 1.807) is 0 Å². The van der Waals surface area contributed by atoms with Crippen molar-refractivity contribution in [2.75, 3.05) is 11.9 Å². The van der Waals surface area contributed by atoms with Crippen molar-refractivity contribution >= 4 is 39.8 Å². The fraction of sp³-hybridized carbons (Fsp3) is 0.471. The van der Waals surface area contributed by atoms with Crippen LogP contribution in [0.3, 0.4) is 0 Å². The van der Waals surface area contributed by atoms with Crippen LogP contribution < -0.4 is 5.32 Å². The molecule has 0 amide bonds. The summed E-state index contributed by atoms with van der Waals surface area (Å²) in [4.78, 5) is 4.83. The molecule has 21 heavy (non-hydrogen) atoms. The van der Waals surface area contributed by atoms with Gasteiger partial charge in [0.25, 0.3) is 0 Å². The highest BCUT2D eigenvalue weighted by Gasteiger charge is 2.21. The van der Waals surface area contributed by atoms with Gasteiger partial charge in [0, 0.05) is 29.2 Å². The molecule has 1 aromatic heterocycles. The lowest BCUT2D eigenvalue weighted by Gasteiger charge is -2.16. The van der Waals surface area contributed by atoms with Crippen molar-refractivity contribution < 1.29 is 0 Å². The molecule has 1 aliphatic rings. The number of anilines is 1. The van der Waals surface area contributed by atoms with Crippen LogP contribution in [0.2, 0.25) is 10.0 Å². The van der Waals surface area contributed by atoms with Crippen LogP contribution in [-0.2, 0) is 0 Å². The summed E-state index contributed by atoms with van der Waals surface area (Å²) in [5.41, 5.74) is 3.05.